The standard InChI is InChI=1S/C18H26N2O3S/c21-12-11-19-9-3-7-18(17(19)23)8-10-20(14-18)16(22)6-1-4-15-5-2-13-24-15/h2,5,13,21H,1,3-4,6-12,14H2. The van der Waals surface area contributed by atoms with Crippen LogP contribution in [-0.2, 0) is 16.0 Å². The van der Waals surface area contributed by atoms with E-state index < -0.39 is 5.41 Å². The van der Waals surface area contributed by atoms with E-state index in [9.17, 15) is 9.59 Å². The Labute approximate surface area is 147 Å². The summed E-state index contributed by atoms with van der Waals surface area (Å²) < 4.78 is 0. The van der Waals surface area contributed by atoms with Crippen molar-refractivity contribution in [1.82, 2.24) is 9.80 Å². The van der Waals surface area contributed by atoms with Gasteiger partial charge in [-0.25, -0.2) is 0 Å². The van der Waals surface area contributed by atoms with Crippen molar-refractivity contribution < 1.29 is 14.7 Å². The molecule has 0 aliphatic carbocycles. The van der Waals surface area contributed by atoms with Crippen molar-refractivity contribution in [2.24, 2.45) is 5.41 Å². The number of aliphatic hydroxyl groups excluding tert-OH is 1. The number of carbonyl (C=O) groups is 2. The molecule has 1 aromatic rings. The summed E-state index contributed by atoms with van der Waals surface area (Å²) >= 11 is 1.73. The van der Waals surface area contributed by atoms with Gasteiger partial charge < -0.3 is 14.9 Å². The molecule has 1 aromatic heterocycles. The van der Waals surface area contributed by atoms with Crippen molar-refractivity contribution in [2.75, 3.05) is 32.8 Å². The Kier molecular flexibility index (Phi) is 5.56. The number of rotatable bonds is 6. The van der Waals surface area contributed by atoms with Crippen LogP contribution < -0.4 is 0 Å². The monoisotopic (exact) mass is 350 g/mol. The molecule has 5 nitrogen and oxygen atoms in total. The van der Waals surface area contributed by atoms with Crippen LogP contribution in [0, 0.1) is 5.41 Å². The van der Waals surface area contributed by atoms with Crippen LogP contribution in [0.15, 0.2) is 17.5 Å². The van der Waals surface area contributed by atoms with E-state index in [0.29, 0.717) is 26.1 Å². The van der Waals surface area contributed by atoms with E-state index in [-0.39, 0.29) is 18.4 Å². The quantitative estimate of drug-likeness (QED) is 0.852. The Balaban J connectivity index is 1.52. The molecule has 1 spiro atoms. The molecule has 3 rings (SSSR count). The normalized spacial score (nSPS) is 24.1. The van der Waals surface area contributed by atoms with Gasteiger partial charge in [-0.05, 0) is 43.6 Å². The molecule has 0 radical (unpaired) electrons. The van der Waals surface area contributed by atoms with E-state index >= 15 is 0 Å². The zero-order valence-electron chi connectivity index (χ0n) is 14.1. The fraction of sp³-hybridized carbons (Fsp3) is 0.667. The lowest BCUT2D eigenvalue weighted by Crippen LogP contribution is -2.51. The molecule has 2 fully saturated rings. The third-order valence-corrected chi connectivity index (χ3v) is 6.23. The fourth-order valence-electron chi connectivity index (χ4n) is 3.98. The molecule has 2 amide bonds. The second-order valence-electron chi connectivity index (χ2n) is 6.90. The molecule has 1 N–H and O–H groups in total. The van der Waals surface area contributed by atoms with Gasteiger partial charge in [0, 0.05) is 37.5 Å². The van der Waals surface area contributed by atoms with Crippen molar-refractivity contribution in [3.63, 3.8) is 0 Å². The number of aryl methyl sites for hydroxylation is 1. The van der Waals surface area contributed by atoms with Crippen molar-refractivity contribution in [3.05, 3.63) is 22.4 Å². The summed E-state index contributed by atoms with van der Waals surface area (Å²) in [6, 6.07) is 4.15. The minimum absolute atomic E-state index is 0.00713. The second-order valence-corrected chi connectivity index (χ2v) is 7.93. The SMILES string of the molecule is O=C(CCCc1cccs1)N1CCC2(CCCN(CCO)C2=O)C1. The first-order chi connectivity index (χ1) is 11.6. The van der Waals surface area contributed by atoms with Crippen LogP contribution >= 0.6 is 11.3 Å². The van der Waals surface area contributed by atoms with Crippen LogP contribution in [0.4, 0.5) is 0 Å². The molecule has 0 saturated carbocycles. The predicted molar refractivity (Wildman–Crippen MR) is 93.8 cm³/mol. The van der Waals surface area contributed by atoms with Gasteiger partial charge in [0.15, 0.2) is 0 Å². The second kappa shape index (κ2) is 7.66. The van der Waals surface area contributed by atoms with Crippen molar-refractivity contribution >= 4 is 23.2 Å². The van der Waals surface area contributed by atoms with E-state index in [1.165, 1.54) is 4.88 Å². The molecule has 2 saturated heterocycles. The number of hydrogen-bond donors (Lipinski definition) is 1. The molecule has 0 aromatic carbocycles. The minimum atomic E-state index is -0.392. The topological polar surface area (TPSA) is 60.9 Å². The number of β-amino-alcohol motifs (C(OH)–C–C–N with tert-alkyl or cyclic N) is 1. The molecule has 0 bridgehead atoms. The highest BCUT2D eigenvalue weighted by atomic mass is 32.1. The fourth-order valence-corrected chi connectivity index (χ4v) is 4.73. The first-order valence-electron chi connectivity index (χ1n) is 8.85. The molecule has 24 heavy (non-hydrogen) atoms. The Bertz CT molecular complexity index is 573. The van der Waals surface area contributed by atoms with Crippen LogP contribution in [0.1, 0.15) is 37.0 Å². The van der Waals surface area contributed by atoms with E-state index in [1.54, 1.807) is 16.2 Å². The molecular weight excluding hydrogens is 324 g/mol. The Morgan fingerprint density at radius 3 is 2.96 bits per heavy atom. The largest absolute Gasteiger partial charge is 0.395 e. The van der Waals surface area contributed by atoms with Crippen LogP contribution in [0.3, 0.4) is 0 Å². The van der Waals surface area contributed by atoms with Gasteiger partial charge >= 0.3 is 0 Å². The average Bonchev–Trinajstić information content (AvgIpc) is 3.23. The molecule has 1 unspecified atom stereocenters. The third-order valence-electron chi connectivity index (χ3n) is 5.29. The zero-order chi connectivity index (χ0) is 17.0. The summed E-state index contributed by atoms with van der Waals surface area (Å²) in [5, 5.41) is 11.2. The molecule has 132 valence electrons. The Morgan fingerprint density at radius 1 is 1.33 bits per heavy atom. The number of aliphatic hydroxyl groups is 1. The first kappa shape index (κ1) is 17.4. The maximum atomic E-state index is 12.8. The molecular formula is C18H26N2O3S. The van der Waals surface area contributed by atoms with Crippen LogP contribution in [0.5, 0.6) is 0 Å². The lowest BCUT2D eigenvalue weighted by atomic mass is 9.78. The molecule has 3 heterocycles. The Hall–Kier alpha value is -1.40. The number of thiophene rings is 1. The van der Waals surface area contributed by atoms with Gasteiger partial charge in [-0.2, -0.15) is 0 Å². The summed E-state index contributed by atoms with van der Waals surface area (Å²) in [6.45, 7) is 2.40. The van der Waals surface area contributed by atoms with E-state index in [0.717, 1.165) is 38.6 Å². The lowest BCUT2D eigenvalue weighted by molar-refractivity contribution is -0.146. The predicted octanol–water partition coefficient (Wildman–Crippen LogP) is 1.90. The third kappa shape index (κ3) is 3.64. The van der Waals surface area contributed by atoms with Crippen molar-refractivity contribution in [2.45, 2.75) is 38.5 Å². The highest BCUT2D eigenvalue weighted by Crippen LogP contribution is 2.40. The van der Waals surface area contributed by atoms with E-state index in [4.69, 9.17) is 5.11 Å². The summed E-state index contributed by atoms with van der Waals surface area (Å²) in [5.41, 5.74) is -0.392. The van der Waals surface area contributed by atoms with E-state index in [1.807, 2.05) is 11.0 Å². The van der Waals surface area contributed by atoms with Crippen LogP contribution in [-0.4, -0.2) is 59.5 Å². The maximum Gasteiger partial charge on any atom is 0.230 e. The smallest absolute Gasteiger partial charge is 0.230 e. The van der Waals surface area contributed by atoms with Gasteiger partial charge in [0.25, 0.3) is 0 Å². The van der Waals surface area contributed by atoms with Gasteiger partial charge in [0.05, 0.1) is 12.0 Å². The summed E-state index contributed by atoms with van der Waals surface area (Å²) in [5.74, 6) is 0.312. The number of likely N-dealkylation sites (tertiary alicyclic amines) is 2. The number of piperidine rings is 1. The number of nitrogens with zero attached hydrogens (tertiary/aromatic N) is 2. The summed E-state index contributed by atoms with van der Waals surface area (Å²) in [7, 11) is 0. The molecule has 6 heteroatoms. The summed E-state index contributed by atoms with van der Waals surface area (Å²) in [6.07, 6.45) is 4.98. The van der Waals surface area contributed by atoms with Crippen LogP contribution in [0.25, 0.3) is 0 Å². The molecule has 1 atom stereocenters. The van der Waals surface area contributed by atoms with Gasteiger partial charge in [-0.3, -0.25) is 9.59 Å². The zero-order valence-corrected chi connectivity index (χ0v) is 14.9. The minimum Gasteiger partial charge on any atom is -0.395 e. The average molecular weight is 350 g/mol. The first-order valence-corrected chi connectivity index (χ1v) is 9.73. The Morgan fingerprint density at radius 2 is 2.21 bits per heavy atom. The van der Waals surface area contributed by atoms with Crippen molar-refractivity contribution in [1.29, 1.82) is 0 Å². The lowest BCUT2D eigenvalue weighted by Gasteiger charge is -2.39. The number of hydrogen-bond acceptors (Lipinski definition) is 4. The molecule has 2 aliphatic rings. The van der Waals surface area contributed by atoms with Gasteiger partial charge in [-0.15, -0.1) is 11.3 Å². The number of carbonyl (C=O) groups excluding carboxylic acids is 2. The van der Waals surface area contributed by atoms with E-state index in [2.05, 4.69) is 11.4 Å². The maximum absolute atomic E-state index is 12.8. The van der Waals surface area contributed by atoms with Gasteiger partial charge in [-0.1, -0.05) is 6.07 Å². The van der Waals surface area contributed by atoms with Crippen molar-refractivity contribution in [3.8, 4) is 0 Å². The van der Waals surface area contributed by atoms with Gasteiger partial charge in [0.2, 0.25) is 11.8 Å². The highest BCUT2D eigenvalue weighted by molar-refractivity contribution is 7.09. The molecule has 2 aliphatic heterocycles. The number of amides is 2. The van der Waals surface area contributed by atoms with Crippen LogP contribution in [0.2, 0.25) is 0 Å². The highest BCUT2D eigenvalue weighted by Gasteiger charge is 2.48. The summed E-state index contributed by atoms with van der Waals surface area (Å²) in [4.78, 5) is 30.2. The van der Waals surface area contributed by atoms with Gasteiger partial charge in [0.1, 0.15) is 0 Å².